The van der Waals surface area contributed by atoms with Crippen molar-refractivity contribution in [1.29, 1.82) is 0 Å². The number of nitrogens with one attached hydrogen (secondary N) is 1. The fraction of sp³-hybridized carbons (Fsp3) is 0.571. The van der Waals surface area contributed by atoms with E-state index in [1.807, 2.05) is 0 Å². The molecule has 0 aliphatic heterocycles. The molecule has 0 aliphatic rings. The normalized spacial score (nSPS) is 12.0. The van der Waals surface area contributed by atoms with Crippen LogP contribution in [0.25, 0.3) is 0 Å². The highest BCUT2D eigenvalue weighted by Gasteiger charge is 2.17. The van der Waals surface area contributed by atoms with Crippen molar-refractivity contribution in [2.24, 2.45) is 5.92 Å². The summed E-state index contributed by atoms with van der Waals surface area (Å²) >= 11 is 5.86. The Balaban J connectivity index is 2.56. The minimum absolute atomic E-state index is 0.145. The molecule has 0 spiro atoms. The molecule has 21 heavy (non-hydrogen) atoms. The Morgan fingerprint density at radius 1 is 1.33 bits per heavy atom. The number of rotatable bonds is 8. The first-order valence-corrected chi connectivity index (χ1v) is 8.73. The van der Waals surface area contributed by atoms with Crippen LogP contribution in [-0.4, -0.2) is 28.2 Å². The molecule has 1 aromatic rings. The second-order valence-corrected chi connectivity index (χ2v) is 7.47. The van der Waals surface area contributed by atoms with E-state index in [1.165, 1.54) is 6.07 Å². The van der Waals surface area contributed by atoms with Gasteiger partial charge in [-0.15, -0.1) is 0 Å². The average molecular weight is 335 g/mol. The Kier molecular flexibility index (Phi) is 6.93. The number of hydrogen-bond donors (Lipinski definition) is 2. The predicted octanol–water partition coefficient (Wildman–Crippen LogP) is 2.57. The number of sulfonamides is 1. The fourth-order valence-corrected chi connectivity index (χ4v) is 3.20. The number of anilines is 1. The number of nitrogens with two attached hydrogens (primary N) is 1. The molecule has 1 rings (SSSR count). The second kappa shape index (κ2) is 7.98. The van der Waals surface area contributed by atoms with Crippen LogP contribution in [0.3, 0.4) is 0 Å². The van der Waals surface area contributed by atoms with Gasteiger partial charge in [0.1, 0.15) is 0 Å². The molecule has 0 unspecified atom stereocenters. The Bertz CT molecular complexity index is 574. The summed E-state index contributed by atoms with van der Waals surface area (Å²) in [6.45, 7) is 7.10. The van der Waals surface area contributed by atoms with Crippen LogP contribution in [0.15, 0.2) is 17.0 Å². The van der Waals surface area contributed by atoms with Gasteiger partial charge in [-0.3, -0.25) is 0 Å². The zero-order valence-corrected chi connectivity index (χ0v) is 14.2. The van der Waals surface area contributed by atoms with Crippen LogP contribution in [0.4, 0.5) is 5.69 Å². The lowest BCUT2D eigenvalue weighted by Gasteiger charge is -2.11. The highest BCUT2D eigenvalue weighted by atomic mass is 35.5. The van der Waals surface area contributed by atoms with Crippen molar-refractivity contribution >= 4 is 27.3 Å². The maximum atomic E-state index is 12.2. The Morgan fingerprint density at radius 3 is 2.62 bits per heavy atom. The minimum atomic E-state index is -3.60. The number of aryl methyl sites for hydroxylation is 1. The summed E-state index contributed by atoms with van der Waals surface area (Å²) in [5.41, 5.74) is 6.46. The van der Waals surface area contributed by atoms with Gasteiger partial charge in [0.15, 0.2) is 0 Å². The number of halogens is 1. The lowest BCUT2D eigenvalue weighted by molar-refractivity contribution is 0.128. The van der Waals surface area contributed by atoms with Gasteiger partial charge in [0, 0.05) is 13.2 Å². The molecule has 1 aromatic carbocycles. The largest absolute Gasteiger partial charge is 0.397 e. The Labute approximate surface area is 131 Å². The molecule has 0 amide bonds. The molecule has 120 valence electrons. The lowest BCUT2D eigenvalue weighted by atomic mass is 10.1. The van der Waals surface area contributed by atoms with Gasteiger partial charge in [-0.25, -0.2) is 13.1 Å². The molecule has 0 radical (unpaired) electrons. The third kappa shape index (κ3) is 5.82. The van der Waals surface area contributed by atoms with E-state index in [0.717, 1.165) is 6.42 Å². The van der Waals surface area contributed by atoms with Crippen molar-refractivity contribution in [3.8, 4) is 0 Å². The monoisotopic (exact) mass is 334 g/mol. The highest BCUT2D eigenvalue weighted by molar-refractivity contribution is 7.89. The van der Waals surface area contributed by atoms with Gasteiger partial charge in [0.2, 0.25) is 10.0 Å². The van der Waals surface area contributed by atoms with E-state index in [0.29, 0.717) is 29.7 Å². The van der Waals surface area contributed by atoms with E-state index < -0.39 is 10.0 Å². The SMILES string of the molecule is Cc1cc(Cl)c(N)cc1S(=O)(=O)NCCOCCC(C)C. The van der Waals surface area contributed by atoms with E-state index in [9.17, 15) is 8.42 Å². The first kappa shape index (κ1) is 18.2. The van der Waals surface area contributed by atoms with Crippen molar-refractivity contribution in [3.63, 3.8) is 0 Å². The molecule has 0 bridgehead atoms. The molecule has 0 aromatic heterocycles. The molecule has 0 heterocycles. The molecule has 0 atom stereocenters. The molecule has 0 aliphatic carbocycles. The van der Waals surface area contributed by atoms with Crippen LogP contribution in [0.2, 0.25) is 5.02 Å². The second-order valence-electron chi connectivity index (χ2n) is 5.33. The number of nitrogen functional groups attached to an aromatic ring is 1. The predicted molar refractivity (Wildman–Crippen MR) is 86.1 cm³/mol. The number of benzene rings is 1. The maximum absolute atomic E-state index is 12.2. The standard InChI is InChI=1S/C14H23ClN2O3S/c1-10(2)4-6-20-7-5-17-21(18,19)14-9-13(16)12(15)8-11(14)3/h8-10,17H,4-7,16H2,1-3H3. The van der Waals surface area contributed by atoms with Crippen molar-refractivity contribution in [2.75, 3.05) is 25.5 Å². The lowest BCUT2D eigenvalue weighted by Crippen LogP contribution is -2.28. The molecular weight excluding hydrogens is 312 g/mol. The van der Waals surface area contributed by atoms with Crippen molar-refractivity contribution < 1.29 is 13.2 Å². The fourth-order valence-electron chi connectivity index (χ4n) is 1.71. The molecular formula is C14H23ClN2O3S. The topological polar surface area (TPSA) is 81.4 Å². The molecule has 3 N–H and O–H groups in total. The van der Waals surface area contributed by atoms with E-state index >= 15 is 0 Å². The first-order valence-electron chi connectivity index (χ1n) is 6.87. The summed E-state index contributed by atoms with van der Waals surface area (Å²) in [6.07, 6.45) is 0.958. The van der Waals surface area contributed by atoms with Crippen molar-refractivity contribution in [1.82, 2.24) is 4.72 Å². The van der Waals surface area contributed by atoms with Crippen molar-refractivity contribution in [3.05, 3.63) is 22.7 Å². The number of ether oxygens (including phenoxy) is 1. The summed E-state index contributed by atoms with van der Waals surface area (Å²) in [5.74, 6) is 0.571. The molecule has 5 nitrogen and oxygen atoms in total. The Hall–Kier alpha value is -0.820. The Morgan fingerprint density at radius 2 is 2.00 bits per heavy atom. The van der Waals surface area contributed by atoms with Crippen LogP contribution >= 0.6 is 11.6 Å². The van der Waals surface area contributed by atoms with Gasteiger partial charge >= 0.3 is 0 Å². The highest BCUT2D eigenvalue weighted by Crippen LogP contribution is 2.25. The molecule has 0 saturated heterocycles. The molecule has 0 saturated carbocycles. The van der Waals surface area contributed by atoms with Gasteiger partial charge in [-0.2, -0.15) is 0 Å². The molecule has 7 heteroatoms. The summed E-state index contributed by atoms with van der Waals surface area (Å²) < 4.78 is 32.3. The zero-order chi connectivity index (χ0) is 16.0. The average Bonchev–Trinajstić information content (AvgIpc) is 2.37. The van der Waals surface area contributed by atoms with E-state index in [1.54, 1.807) is 13.0 Å². The summed E-state index contributed by atoms with van der Waals surface area (Å²) in [5, 5.41) is 0.350. The third-order valence-electron chi connectivity index (χ3n) is 2.96. The summed E-state index contributed by atoms with van der Waals surface area (Å²) in [4.78, 5) is 0.145. The smallest absolute Gasteiger partial charge is 0.240 e. The minimum Gasteiger partial charge on any atom is -0.397 e. The van der Waals surface area contributed by atoms with Crippen LogP contribution in [0, 0.1) is 12.8 Å². The summed E-state index contributed by atoms with van der Waals surface area (Å²) in [6, 6.07) is 2.92. The van der Waals surface area contributed by atoms with Gasteiger partial charge in [-0.05, 0) is 37.0 Å². The maximum Gasteiger partial charge on any atom is 0.240 e. The van der Waals surface area contributed by atoms with E-state index in [-0.39, 0.29) is 17.1 Å². The van der Waals surface area contributed by atoms with Gasteiger partial charge in [0.25, 0.3) is 0 Å². The van der Waals surface area contributed by atoms with Gasteiger partial charge in [0.05, 0.1) is 22.2 Å². The van der Waals surface area contributed by atoms with Gasteiger partial charge in [-0.1, -0.05) is 25.4 Å². The summed E-state index contributed by atoms with van der Waals surface area (Å²) in [7, 11) is -3.60. The van der Waals surface area contributed by atoms with Crippen LogP contribution in [0.1, 0.15) is 25.8 Å². The van der Waals surface area contributed by atoms with E-state index in [2.05, 4.69) is 18.6 Å². The van der Waals surface area contributed by atoms with Gasteiger partial charge < -0.3 is 10.5 Å². The number of hydrogen-bond acceptors (Lipinski definition) is 4. The third-order valence-corrected chi connectivity index (χ3v) is 4.89. The first-order chi connectivity index (χ1) is 9.74. The van der Waals surface area contributed by atoms with Crippen molar-refractivity contribution in [2.45, 2.75) is 32.1 Å². The van der Waals surface area contributed by atoms with Crippen LogP contribution < -0.4 is 10.5 Å². The van der Waals surface area contributed by atoms with Crippen LogP contribution in [-0.2, 0) is 14.8 Å². The quantitative estimate of drug-likeness (QED) is 0.565. The van der Waals surface area contributed by atoms with E-state index in [4.69, 9.17) is 22.1 Å². The zero-order valence-electron chi connectivity index (χ0n) is 12.6. The van der Waals surface area contributed by atoms with Crippen LogP contribution in [0.5, 0.6) is 0 Å². The molecule has 0 fully saturated rings.